The molecule has 124 valence electrons. The second-order valence-corrected chi connectivity index (χ2v) is 5.66. The summed E-state index contributed by atoms with van der Waals surface area (Å²) in [7, 11) is 0. The summed E-state index contributed by atoms with van der Waals surface area (Å²) in [6.45, 7) is 0. The van der Waals surface area contributed by atoms with Crippen LogP contribution in [0.25, 0.3) is 0 Å². The van der Waals surface area contributed by atoms with Crippen molar-refractivity contribution in [1.29, 1.82) is 0 Å². The predicted octanol–water partition coefficient (Wildman–Crippen LogP) is 4.92. The summed E-state index contributed by atoms with van der Waals surface area (Å²) in [5, 5.41) is -0.351. The van der Waals surface area contributed by atoms with Crippen molar-refractivity contribution in [3.63, 3.8) is 0 Å². The van der Waals surface area contributed by atoms with Gasteiger partial charge in [0.1, 0.15) is 6.17 Å². The molecule has 0 aliphatic rings. The van der Waals surface area contributed by atoms with Crippen LogP contribution in [0.3, 0.4) is 0 Å². The highest BCUT2D eigenvalue weighted by Gasteiger charge is 2.47. The van der Waals surface area contributed by atoms with E-state index in [1.54, 1.807) is 30.3 Å². The molecule has 1 nitrogen and oxygen atoms in total. The van der Waals surface area contributed by atoms with Gasteiger partial charge in [-0.2, -0.15) is 0 Å². The summed E-state index contributed by atoms with van der Waals surface area (Å²) >= 11 is 0.733. The lowest BCUT2D eigenvalue weighted by Crippen LogP contribution is -2.38. The maximum Gasteiger partial charge on any atom is 0.287 e. The molecule has 0 saturated heterocycles. The van der Waals surface area contributed by atoms with E-state index < -0.39 is 37.5 Å². The molecule has 0 N–H and O–H groups in total. The highest BCUT2D eigenvalue weighted by Crippen LogP contribution is 2.32. The summed E-state index contributed by atoms with van der Waals surface area (Å²) in [6, 6.07) is 8.08. The fourth-order valence-electron chi connectivity index (χ4n) is 1.63. The van der Waals surface area contributed by atoms with Gasteiger partial charge in [0.05, 0.1) is 0 Å². The Morgan fingerprint density at radius 3 is 2.23 bits per heavy atom. The minimum atomic E-state index is -4.43. The lowest BCUT2D eigenvalue weighted by molar-refractivity contribution is -0.139. The number of carbonyl (C=O) groups is 1. The van der Waals surface area contributed by atoms with Crippen molar-refractivity contribution in [1.82, 2.24) is 0 Å². The SMILES string of the molecule is O=C(SCCC(F)CC(F)(F)C(F)C(F)F)c1ccccc1. The second-order valence-electron chi connectivity index (χ2n) is 4.59. The third-order valence-electron chi connectivity index (χ3n) is 2.79. The van der Waals surface area contributed by atoms with Crippen molar-refractivity contribution in [2.24, 2.45) is 0 Å². The lowest BCUT2D eigenvalue weighted by Gasteiger charge is -2.21. The van der Waals surface area contributed by atoms with E-state index >= 15 is 0 Å². The quantitative estimate of drug-likeness (QED) is 0.623. The number of hydrogen-bond acceptors (Lipinski definition) is 2. The molecule has 0 aliphatic carbocycles. The lowest BCUT2D eigenvalue weighted by atomic mass is 10.1. The van der Waals surface area contributed by atoms with Crippen LogP contribution < -0.4 is 0 Å². The predicted molar refractivity (Wildman–Crippen MR) is 73.2 cm³/mol. The Morgan fingerprint density at radius 1 is 1.09 bits per heavy atom. The van der Waals surface area contributed by atoms with E-state index in [1.165, 1.54) is 0 Å². The maximum absolute atomic E-state index is 13.4. The third kappa shape index (κ3) is 5.90. The van der Waals surface area contributed by atoms with Gasteiger partial charge in [-0.05, 0) is 6.42 Å². The van der Waals surface area contributed by atoms with E-state index in [2.05, 4.69) is 0 Å². The van der Waals surface area contributed by atoms with Gasteiger partial charge in [0, 0.05) is 17.7 Å². The van der Waals surface area contributed by atoms with Crippen molar-refractivity contribution in [3.8, 4) is 0 Å². The molecule has 2 atom stereocenters. The molecule has 0 aromatic heterocycles. The Kier molecular flexibility index (Phi) is 7.25. The smallest absolute Gasteiger partial charge is 0.282 e. The molecular weight excluding hydrogens is 330 g/mol. The van der Waals surface area contributed by atoms with Gasteiger partial charge in [-0.25, -0.2) is 26.3 Å². The van der Waals surface area contributed by atoms with Crippen LogP contribution in [0.15, 0.2) is 30.3 Å². The number of halogens is 6. The molecule has 1 aromatic rings. The minimum Gasteiger partial charge on any atom is -0.282 e. The molecule has 0 spiro atoms. The summed E-state index contributed by atoms with van der Waals surface area (Å²) < 4.78 is 75.8. The van der Waals surface area contributed by atoms with Crippen LogP contribution in [0.5, 0.6) is 0 Å². The monoisotopic (exact) mass is 344 g/mol. The van der Waals surface area contributed by atoms with Gasteiger partial charge in [-0.1, -0.05) is 42.1 Å². The van der Waals surface area contributed by atoms with Crippen LogP contribution in [0.1, 0.15) is 23.2 Å². The van der Waals surface area contributed by atoms with E-state index in [1.807, 2.05) is 0 Å². The molecule has 0 fully saturated rings. The average Bonchev–Trinajstić information content (AvgIpc) is 2.46. The van der Waals surface area contributed by atoms with Crippen molar-refractivity contribution < 1.29 is 31.1 Å². The first-order valence-corrected chi connectivity index (χ1v) is 7.39. The van der Waals surface area contributed by atoms with Crippen LogP contribution in [0.2, 0.25) is 0 Å². The number of hydrogen-bond donors (Lipinski definition) is 0. The zero-order valence-corrected chi connectivity index (χ0v) is 12.1. The molecule has 0 aliphatic heterocycles. The third-order valence-corrected chi connectivity index (χ3v) is 3.73. The molecule has 1 aromatic carbocycles. The van der Waals surface area contributed by atoms with Crippen molar-refractivity contribution >= 4 is 16.9 Å². The van der Waals surface area contributed by atoms with Gasteiger partial charge in [0.15, 0.2) is 0 Å². The van der Waals surface area contributed by atoms with Gasteiger partial charge >= 0.3 is 0 Å². The molecule has 0 amide bonds. The average molecular weight is 344 g/mol. The Balaban J connectivity index is 2.37. The molecule has 2 unspecified atom stereocenters. The first kappa shape index (κ1) is 18.9. The minimum absolute atomic E-state index is 0.101. The molecule has 0 radical (unpaired) electrons. The number of thioether (sulfide) groups is 1. The first-order valence-electron chi connectivity index (χ1n) is 6.40. The Hall–Kier alpha value is -1.18. The van der Waals surface area contributed by atoms with Crippen LogP contribution >= 0.6 is 11.8 Å². The number of rotatable bonds is 8. The molecule has 22 heavy (non-hydrogen) atoms. The van der Waals surface area contributed by atoms with Gasteiger partial charge in [-0.3, -0.25) is 4.79 Å². The molecular formula is C14H14F6OS. The van der Waals surface area contributed by atoms with Crippen LogP contribution in [0, 0.1) is 0 Å². The summed E-state index contributed by atoms with van der Waals surface area (Å²) in [6.07, 6.45) is -11.8. The highest BCUT2D eigenvalue weighted by atomic mass is 32.2. The molecule has 0 bridgehead atoms. The van der Waals surface area contributed by atoms with Gasteiger partial charge < -0.3 is 0 Å². The Morgan fingerprint density at radius 2 is 1.68 bits per heavy atom. The standard InChI is InChI=1S/C14H14F6OS/c15-10(8-14(19,20)11(16)12(17)18)6-7-22-13(21)9-4-2-1-3-5-9/h1-5,10-12H,6-8H2. The van der Waals surface area contributed by atoms with Crippen molar-refractivity contribution in [2.45, 2.75) is 37.5 Å². The second kappa shape index (κ2) is 8.45. The summed E-state index contributed by atoms with van der Waals surface area (Å²) in [4.78, 5) is 11.6. The Bertz CT molecular complexity index is 468. The fourth-order valence-corrected chi connectivity index (χ4v) is 2.49. The fraction of sp³-hybridized carbons (Fsp3) is 0.500. The highest BCUT2D eigenvalue weighted by molar-refractivity contribution is 8.14. The topological polar surface area (TPSA) is 17.1 Å². The van der Waals surface area contributed by atoms with E-state index in [0.717, 1.165) is 11.8 Å². The number of carbonyl (C=O) groups excluding carboxylic acids is 1. The number of alkyl halides is 6. The summed E-state index contributed by atoms with van der Waals surface area (Å²) in [5.41, 5.74) is 0.384. The zero-order valence-electron chi connectivity index (χ0n) is 11.3. The van der Waals surface area contributed by atoms with Gasteiger partial charge in [0.2, 0.25) is 11.3 Å². The summed E-state index contributed by atoms with van der Waals surface area (Å²) in [5.74, 6) is -4.53. The first-order chi connectivity index (χ1) is 10.2. The van der Waals surface area contributed by atoms with Crippen LogP contribution in [0.4, 0.5) is 26.3 Å². The molecule has 0 saturated carbocycles. The van der Waals surface area contributed by atoms with Crippen molar-refractivity contribution in [3.05, 3.63) is 35.9 Å². The van der Waals surface area contributed by atoms with E-state index in [9.17, 15) is 31.1 Å². The largest absolute Gasteiger partial charge is 0.287 e. The maximum atomic E-state index is 13.4. The molecule has 0 heterocycles. The number of benzene rings is 1. The normalized spacial score (nSPS) is 14.9. The molecule has 1 rings (SSSR count). The van der Waals surface area contributed by atoms with E-state index in [4.69, 9.17) is 0 Å². The zero-order chi connectivity index (χ0) is 16.8. The van der Waals surface area contributed by atoms with Crippen molar-refractivity contribution in [2.75, 3.05) is 5.75 Å². The van der Waals surface area contributed by atoms with Crippen LogP contribution in [-0.2, 0) is 0 Å². The molecule has 8 heteroatoms. The van der Waals surface area contributed by atoms with Crippen LogP contribution in [-0.4, -0.2) is 35.6 Å². The van der Waals surface area contributed by atoms with Gasteiger partial charge in [0.25, 0.3) is 12.3 Å². The van der Waals surface area contributed by atoms with E-state index in [0.29, 0.717) is 5.56 Å². The Labute approximate surface area is 128 Å². The van der Waals surface area contributed by atoms with E-state index in [-0.39, 0.29) is 10.9 Å². The van der Waals surface area contributed by atoms with Gasteiger partial charge in [-0.15, -0.1) is 0 Å².